The number of hydrogen-bond acceptors (Lipinski definition) is 3. The molecule has 1 aromatic heterocycles. The van der Waals surface area contributed by atoms with Gasteiger partial charge in [-0.2, -0.15) is 0 Å². The Morgan fingerprint density at radius 2 is 2.05 bits per heavy atom. The van der Waals surface area contributed by atoms with Crippen molar-refractivity contribution in [3.63, 3.8) is 0 Å². The quantitative estimate of drug-likeness (QED) is 0.922. The Hall–Kier alpha value is -2.14. The Kier molecular flexibility index (Phi) is 4.90. The van der Waals surface area contributed by atoms with Gasteiger partial charge in [0.15, 0.2) is 6.61 Å². The highest BCUT2D eigenvalue weighted by Crippen LogP contribution is 2.15. The Labute approximate surface area is 120 Å². The first kappa shape index (κ1) is 14.3. The normalized spacial score (nSPS) is 10.1. The van der Waals surface area contributed by atoms with Crippen LogP contribution in [0.25, 0.3) is 0 Å². The summed E-state index contributed by atoms with van der Waals surface area (Å²) in [5.74, 6) is -0.273. The number of carbonyl (C=O) groups excluding carboxylic acids is 1. The van der Waals surface area contributed by atoms with Crippen molar-refractivity contribution in [3.05, 3.63) is 59.1 Å². The van der Waals surface area contributed by atoms with Gasteiger partial charge in [0.05, 0.1) is 12.2 Å². The third-order valence-corrected chi connectivity index (χ3v) is 2.72. The van der Waals surface area contributed by atoms with Gasteiger partial charge in [0.25, 0.3) is 5.91 Å². The molecule has 2 aromatic rings. The summed E-state index contributed by atoms with van der Waals surface area (Å²) in [4.78, 5) is 15.4. The average molecular weight is 295 g/mol. The lowest BCUT2D eigenvalue weighted by molar-refractivity contribution is -0.123. The van der Waals surface area contributed by atoms with Gasteiger partial charge >= 0.3 is 0 Å². The third-order valence-electron chi connectivity index (χ3n) is 2.47. The van der Waals surface area contributed by atoms with Gasteiger partial charge in [-0.05, 0) is 36.4 Å². The number of hydrogen-bond donors (Lipinski definition) is 1. The zero-order valence-corrected chi connectivity index (χ0v) is 11.2. The standard InChI is InChI=1S/C14H12ClFN2O2/c15-10-3-5-11(6-4-10)20-9-14(19)18-8-13-12(16)2-1-7-17-13/h1-7H,8-9H2,(H,18,19). The van der Waals surface area contributed by atoms with Gasteiger partial charge in [0.2, 0.25) is 0 Å². The highest BCUT2D eigenvalue weighted by Gasteiger charge is 2.06. The molecule has 1 amide bonds. The van der Waals surface area contributed by atoms with Crippen molar-refractivity contribution in [3.8, 4) is 5.75 Å². The number of nitrogens with one attached hydrogen (secondary N) is 1. The minimum atomic E-state index is -0.452. The number of ether oxygens (including phenoxy) is 1. The van der Waals surface area contributed by atoms with Crippen LogP contribution in [-0.2, 0) is 11.3 Å². The van der Waals surface area contributed by atoms with Crippen molar-refractivity contribution in [1.29, 1.82) is 0 Å². The fourth-order valence-electron chi connectivity index (χ4n) is 1.46. The molecule has 2 rings (SSSR count). The summed E-state index contributed by atoms with van der Waals surface area (Å²) in [6.45, 7) is -0.133. The molecular formula is C14H12ClFN2O2. The van der Waals surface area contributed by atoms with Crippen LogP contribution in [0.3, 0.4) is 0 Å². The maximum atomic E-state index is 13.3. The van der Waals surface area contributed by atoms with Gasteiger partial charge in [0, 0.05) is 11.2 Å². The molecule has 0 aliphatic heterocycles. The van der Waals surface area contributed by atoms with E-state index in [0.717, 1.165) is 0 Å². The molecule has 0 atom stereocenters. The summed E-state index contributed by atoms with van der Waals surface area (Å²) in [6, 6.07) is 9.43. The molecular weight excluding hydrogens is 283 g/mol. The molecule has 0 spiro atoms. The van der Waals surface area contributed by atoms with Crippen LogP contribution >= 0.6 is 11.6 Å². The van der Waals surface area contributed by atoms with E-state index in [1.165, 1.54) is 18.3 Å². The summed E-state index contributed by atoms with van der Waals surface area (Å²) in [6.07, 6.45) is 1.47. The van der Waals surface area contributed by atoms with Crippen LogP contribution in [-0.4, -0.2) is 17.5 Å². The fourth-order valence-corrected chi connectivity index (χ4v) is 1.59. The van der Waals surface area contributed by atoms with Crippen LogP contribution in [0.5, 0.6) is 5.75 Å². The van der Waals surface area contributed by atoms with E-state index in [1.807, 2.05) is 0 Å². The Morgan fingerprint density at radius 1 is 1.30 bits per heavy atom. The highest BCUT2D eigenvalue weighted by molar-refractivity contribution is 6.30. The number of rotatable bonds is 5. The zero-order chi connectivity index (χ0) is 14.4. The van der Waals surface area contributed by atoms with Gasteiger partial charge in [-0.15, -0.1) is 0 Å². The molecule has 0 fully saturated rings. The molecule has 4 nitrogen and oxygen atoms in total. The van der Waals surface area contributed by atoms with Crippen LogP contribution in [0.15, 0.2) is 42.6 Å². The number of benzene rings is 1. The largest absolute Gasteiger partial charge is 0.484 e. The Balaban J connectivity index is 1.78. The van der Waals surface area contributed by atoms with E-state index in [2.05, 4.69) is 10.3 Å². The van der Waals surface area contributed by atoms with E-state index in [0.29, 0.717) is 10.8 Å². The molecule has 1 heterocycles. The van der Waals surface area contributed by atoms with Gasteiger partial charge in [0.1, 0.15) is 11.6 Å². The van der Waals surface area contributed by atoms with Crippen LogP contribution in [0.2, 0.25) is 5.02 Å². The second-order valence-corrected chi connectivity index (χ2v) is 4.39. The second kappa shape index (κ2) is 6.86. The zero-order valence-electron chi connectivity index (χ0n) is 10.5. The van der Waals surface area contributed by atoms with Crippen molar-refractivity contribution >= 4 is 17.5 Å². The number of nitrogens with zero attached hydrogens (tertiary/aromatic N) is 1. The van der Waals surface area contributed by atoms with E-state index in [4.69, 9.17) is 16.3 Å². The molecule has 1 aromatic carbocycles. The number of pyridine rings is 1. The molecule has 0 radical (unpaired) electrons. The van der Waals surface area contributed by atoms with Gasteiger partial charge < -0.3 is 10.1 Å². The van der Waals surface area contributed by atoms with E-state index < -0.39 is 5.82 Å². The van der Waals surface area contributed by atoms with Gasteiger partial charge in [-0.3, -0.25) is 9.78 Å². The molecule has 0 bridgehead atoms. The summed E-state index contributed by atoms with van der Waals surface area (Å²) >= 11 is 5.73. The SMILES string of the molecule is O=C(COc1ccc(Cl)cc1)NCc1ncccc1F. The van der Waals surface area contributed by atoms with Crippen molar-refractivity contribution in [1.82, 2.24) is 10.3 Å². The Morgan fingerprint density at radius 3 is 2.75 bits per heavy atom. The molecule has 0 saturated heterocycles. The minimum absolute atomic E-state index is 0.0233. The molecule has 6 heteroatoms. The maximum Gasteiger partial charge on any atom is 0.258 e. The number of aromatic nitrogens is 1. The highest BCUT2D eigenvalue weighted by atomic mass is 35.5. The lowest BCUT2D eigenvalue weighted by Gasteiger charge is -2.07. The molecule has 0 aliphatic carbocycles. The molecule has 0 unspecified atom stereocenters. The predicted molar refractivity (Wildman–Crippen MR) is 73.0 cm³/mol. The summed E-state index contributed by atoms with van der Waals surface area (Å²) in [7, 11) is 0. The van der Waals surface area contributed by atoms with Gasteiger partial charge in [-0.1, -0.05) is 11.6 Å². The predicted octanol–water partition coefficient (Wildman–Crippen LogP) is 2.57. The molecule has 104 valence electrons. The monoisotopic (exact) mass is 294 g/mol. The minimum Gasteiger partial charge on any atom is -0.484 e. The summed E-state index contributed by atoms with van der Waals surface area (Å²) in [5, 5.41) is 3.12. The van der Waals surface area contributed by atoms with Crippen molar-refractivity contribution < 1.29 is 13.9 Å². The third kappa shape index (κ3) is 4.20. The van der Waals surface area contributed by atoms with Crippen LogP contribution in [0.1, 0.15) is 5.69 Å². The average Bonchev–Trinajstić information content (AvgIpc) is 2.46. The number of amides is 1. The fraction of sp³-hybridized carbons (Fsp3) is 0.143. The molecule has 0 aliphatic rings. The van der Waals surface area contributed by atoms with Crippen molar-refractivity contribution in [2.45, 2.75) is 6.54 Å². The topological polar surface area (TPSA) is 51.2 Å². The van der Waals surface area contributed by atoms with Crippen LogP contribution in [0, 0.1) is 5.82 Å². The lowest BCUT2D eigenvalue weighted by atomic mass is 10.3. The smallest absolute Gasteiger partial charge is 0.258 e. The van der Waals surface area contributed by atoms with E-state index >= 15 is 0 Å². The van der Waals surface area contributed by atoms with Crippen LogP contribution < -0.4 is 10.1 Å². The first-order valence-electron chi connectivity index (χ1n) is 5.89. The molecule has 0 saturated carbocycles. The van der Waals surface area contributed by atoms with Crippen molar-refractivity contribution in [2.24, 2.45) is 0 Å². The first-order chi connectivity index (χ1) is 9.65. The molecule has 20 heavy (non-hydrogen) atoms. The number of carbonyl (C=O) groups is 1. The van der Waals surface area contributed by atoms with Crippen LogP contribution in [0.4, 0.5) is 4.39 Å². The maximum absolute atomic E-state index is 13.3. The van der Waals surface area contributed by atoms with E-state index in [1.54, 1.807) is 24.3 Å². The summed E-state index contributed by atoms with van der Waals surface area (Å²) in [5.41, 5.74) is 0.187. The number of halogens is 2. The van der Waals surface area contributed by atoms with E-state index in [-0.39, 0.29) is 24.8 Å². The first-order valence-corrected chi connectivity index (χ1v) is 6.27. The lowest BCUT2D eigenvalue weighted by Crippen LogP contribution is -2.29. The van der Waals surface area contributed by atoms with Gasteiger partial charge in [-0.25, -0.2) is 4.39 Å². The Bertz CT molecular complexity index is 590. The summed E-state index contributed by atoms with van der Waals surface area (Å²) < 4.78 is 18.5. The second-order valence-electron chi connectivity index (χ2n) is 3.95. The van der Waals surface area contributed by atoms with E-state index in [9.17, 15) is 9.18 Å². The van der Waals surface area contributed by atoms with Crippen molar-refractivity contribution in [2.75, 3.05) is 6.61 Å². The molecule has 1 N–H and O–H groups in total.